The Balaban J connectivity index is 1.81. The fraction of sp³-hybridized carbons (Fsp3) is 0.909. The molecule has 2 saturated heterocycles. The summed E-state index contributed by atoms with van der Waals surface area (Å²) in [5.41, 5.74) is -0.312. The molecule has 2 N–H and O–H groups in total. The highest BCUT2D eigenvalue weighted by atomic mass is 16.6. The molecule has 0 aromatic carbocycles. The minimum atomic E-state index is -0.405. The minimum absolute atomic E-state index is 0.0924. The summed E-state index contributed by atoms with van der Waals surface area (Å²) in [7, 11) is 0. The molecule has 16 heavy (non-hydrogen) atoms. The summed E-state index contributed by atoms with van der Waals surface area (Å²) in [6.45, 7) is 10.1. The highest BCUT2D eigenvalue weighted by Crippen LogP contribution is 2.23. The molecular weight excluding hydrogens is 206 g/mol. The molecule has 5 heteroatoms. The minimum Gasteiger partial charge on any atom is -0.444 e. The van der Waals surface area contributed by atoms with Gasteiger partial charge < -0.3 is 20.3 Å². The first-order chi connectivity index (χ1) is 7.40. The Labute approximate surface area is 96.5 Å². The molecule has 0 saturated carbocycles. The third-order valence-electron chi connectivity index (χ3n) is 2.90. The summed E-state index contributed by atoms with van der Waals surface area (Å²) in [5.74, 6) is 0. The Morgan fingerprint density at radius 3 is 2.50 bits per heavy atom. The van der Waals surface area contributed by atoms with Crippen LogP contribution in [0.15, 0.2) is 0 Å². The van der Waals surface area contributed by atoms with Crippen molar-refractivity contribution < 1.29 is 9.53 Å². The maximum atomic E-state index is 11.7. The molecule has 2 heterocycles. The van der Waals surface area contributed by atoms with E-state index >= 15 is 0 Å². The van der Waals surface area contributed by atoms with Gasteiger partial charge in [0.25, 0.3) is 0 Å². The van der Waals surface area contributed by atoms with Gasteiger partial charge in [-0.3, -0.25) is 0 Å². The van der Waals surface area contributed by atoms with Crippen molar-refractivity contribution in [2.75, 3.05) is 32.7 Å². The molecule has 5 nitrogen and oxygen atoms in total. The Hall–Kier alpha value is -0.810. The second-order valence-electron chi connectivity index (χ2n) is 5.72. The first kappa shape index (κ1) is 11.7. The van der Waals surface area contributed by atoms with Crippen LogP contribution < -0.4 is 10.6 Å². The van der Waals surface area contributed by atoms with Crippen LogP contribution >= 0.6 is 0 Å². The fourth-order valence-electron chi connectivity index (χ4n) is 2.17. The van der Waals surface area contributed by atoms with Crippen molar-refractivity contribution in [1.82, 2.24) is 15.5 Å². The molecule has 0 bridgehead atoms. The van der Waals surface area contributed by atoms with E-state index in [0.29, 0.717) is 0 Å². The number of likely N-dealkylation sites (tertiary alicyclic amines) is 1. The summed E-state index contributed by atoms with van der Waals surface area (Å²) in [4.78, 5) is 13.5. The van der Waals surface area contributed by atoms with Gasteiger partial charge in [-0.1, -0.05) is 0 Å². The maximum Gasteiger partial charge on any atom is 0.410 e. The van der Waals surface area contributed by atoms with E-state index in [9.17, 15) is 4.79 Å². The number of hydrogen-bond acceptors (Lipinski definition) is 4. The van der Waals surface area contributed by atoms with Crippen molar-refractivity contribution in [2.24, 2.45) is 0 Å². The molecule has 0 aromatic heterocycles. The van der Waals surface area contributed by atoms with Gasteiger partial charge in [0, 0.05) is 32.7 Å². The van der Waals surface area contributed by atoms with E-state index in [2.05, 4.69) is 10.6 Å². The summed E-state index contributed by atoms with van der Waals surface area (Å²) < 4.78 is 5.31. The van der Waals surface area contributed by atoms with Gasteiger partial charge in [0.2, 0.25) is 0 Å². The van der Waals surface area contributed by atoms with Crippen molar-refractivity contribution in [1.29, 1.82) is 0 Å². The highest BCUT2D eigenvalue weighted by Gasteiger charge is 2.46. The Bertz CT molecular complexity index is 271. The third-order valence-corrected chi connectivity index (χ3v) is 2.90. The van der Waals surface area contributed by atoms with Gasteiger partial charge in [0.05, 0.1) is 5.54 Å². The van der Waals surface area contributed by atoms with Crippen molar-refractivity contribution in [3.8, 4) is 0 Å². The average molecular weight is 227 g/mol. The number of rotatable bonds is 0. The number of ether oxygens (including phenoxy) is 1. The monoisotopic (exact) mass is 227 g/mol. The lowest BCUT2D eigenvalue weighted by Gasteiger charge is -2.52. The quantitative estimate of drug-likeness (QED) is 0.619. The van der Waals surface area contributed by atoms with Crippen LogP contribution in [0.3, 0.4) is 0 Å². The number of amides is 1. The van der Waals surface area contributed by atoms with Crippen LogP contribution in [0, 0.1) is 0 Å². The van der Waals surface area contributed by atoms with E-state index in [1.54, 1.807) is 4.90 Å². The van der Waals surface area contributed by atoms with Crippen LogP contribution in [0.4, 0.5) is 4.79 Å². The molecule has 2 aliphatic heterocycles. The molecule has 0 atom stereocenters. The van der Waals surface area contributed by atoms with E-state index in [4.69, 9.17) is 4.74 Å². The van der Waals surface area contributed by atoms with Crippen LogP contribution in [-0.4, -0.2) is 54.9 Å². The summed E-state index contributed by atoms with van der Waals surface area (Å²) in [6, 6.07) is 0. The number of piperazine rings is 1. The molecule has 2 aliphatic rings. The molecule has 0 aliphatic carbocycles. The zero-order valence-corrected chi connectivity index (χ0v) is 10.3. The zero-order valence-electron chi connectivity index (χ0n) is 10.3. The molecule has 0 unspecified atom stereocenters. The van der Waals surface area contributed by atoms with Gasteiger partial charge in [-0.15, -0.1) is 0 Å². The molecule has 1 amide bonds. The predicted octanol–water partition coefficient (Wildman–Crippen LogP) is 0.169. The van der Waals surface area contributed by atoms with Gasteiger partial charge in [0.15, 0.2) is 0 Å². The van der Waals surface area contributed by atoms with E-state index in [1.165, 1.54) is 0 Å². The van der Waals surface area contributed by atoms with E-state index in [0.717, 1.165) is 32.7 Å². The number of nitrogens with one attached hydrogen (secondary N) is 2. The number of hydrogen-bond donors (Lipinski definition) is 2. The Morgan fingerprint density at radius 1 is 1.31 bits per heavy atom. The summed E-state index contributed by atoms with van der Waals surface area (Å²) in [6.07, 6.45) is -0.203. The number of carbonyl (C=O) groups is 1. The van der Waals surface area contributed by atoms with Crippen LogP contribution in [0.25, 0.3) is 0 Å². The lowest BCUT2D eigenvalue weighted by atomic mass is 9.88. The lowest BCUT2D eigenvalue weighted by Crippen LogP contribution is -2.76. The highest BCUT2D eigenvalue weighted by molar-refractivity contribution is 5.69. The van der Waals surface area contributed by atoms with Gasteiger partial charge in [-0.25, -0.2) is 4.79 Å². The SMILES string of the molecule is CC(C)(C)OC(=O)N1CC2(CNCCN2)C1. The first-order valence-corrected chi connectivity index (χ1v) is 5.84. The molecule has 92 valence electrons. The van der Waals surface area contributed by atoms with Gasteiger partial charge >= 0.3 is 6.09 Å². The van der Waals surface area contributed by atoms with Crippen LogP contribution in [0.2, 0.25) is 0 Å². The second kappa shape index (κ2) is 3.89. The van der Waals surface area contributed by atoms with Crippen molar-refractivity contribution >= 4 is 6.09 Å². The Kier molecular flexibility index (Phi) is 2.84. The smallest absolute Gasteiger partial charge is 0.410 e. The molecule has 0 aromatic rings. The van der Waals surface area contributed by atoms with E-state index in [-0.39, 0.29) is 11.6 Å². The molecule has 2 fully saturated rings. The first-order valence-electron chi connectivity index (χ1n) is 5.84. The van der Waals surface area contributed by atoms with Gasteiger partial charge in [-0.2, -0.15) is 0 Å². The summed E-state index contributed by atoms with van der Waals surface area (Å²) >= 11 is 0. The normalized spacial score (nSPS) is 24.1. The van der Waals surface area contributed by atoms with E-state index < -0.39 is 5.60 Å². The number of carbonyl (C=O) groups excluding carboxylic acids is 1. The maximum absolute atomic E-state index is 11.7. The van der Waals surface area contributed by atoms with Crippen LogP contribution in [0.1, 0.15) is 20.8 Å². The topological polar surface area (TPSA) is 53.6 Å². The summed E-state index contributed by atoms with van der Waals surface area (Å²) in [5, 5.41) is 6.81. The molecule has 0 radical (unpaired) electrons. The second-order valence-corrected chi connectivity index (χ2v) is 5.72. The van der Waals surface area contributed by atoms with E-state index in [1.807, 2.05) is 20.8 Å². The van der Waals surface area contributed by atoms with Gasteiger partial charge in [-0.05, 0) is 20.8 Å². The third kappa shape index (κ3) is 2.47. The fourth-order valence-corrected chi connectivity index (χ4v) is 2.17. The molecule has 2 rings (SSSR count). The molecular formula is C11H21N3O2. The average Bonchev–Trinajstić information content (AvgIpc) is 2.12. The largest absolute Gasteiger partial charge is 0.444 e. The standard InChI is InChI=1S/C11H21N3O2/c1-10(2,3)16-9(15)14-7-11(8-14)6-12-4-5-13-11/h12-13H,4-8H2,1-3H3. The van der Waals surface area contributed by atoms with Crippen LogP contribution in [0.5, 0.6) is 0 Å². The van der Waals surface area contributed by atoms with Crippen molar-refractivity contribution in [2.45, 2.75) is 31.9 Å². The Morgan fingerprint density at radius 2 is 2.00 bits per heavy atom. The van der Waals surface area contributed by atoms with Crippen LogP contribution in [-0.2, 0) is 4.74 Å². The number of nitrogens with zero attached hydrogens (tertiary/aromatic N) is 1. The molecule has 1 spiro atoms. The predicted molar refractivity (Wildman–Crippen MR) is 61.4 cm³/mol. The van der Waals surface area contributed by atoms with Gasteiger partial charge in [0.1, 0.15) is 5.60 Å². The lowest BCUT2D eigenvalue weighted by molar-refractivity contribution is -0.0193. The zero-order chi connectivity index (χ0) is 11.8. The van der Waals surface area contributed by atoms with Crippen molar-refractivity contribution in [3.63, 3.8) is 0 Å². The van der Waals surface area contributed by atoms with Crippen molar-refractivity contribution in [3.05, 3.63) is 0 Å².